The summed E-state index contributed by atoms with van der Waals surface area (Å²) >= 11 is 0. The minimum absolute atomic E-state index is 0.579. The minimum atomic E-state index is 0.579. The fraction of sp³-hybridized carbons (Fsp3) is 0.0714. The van der Waals surface area contributed by atoms with Gasteiger partial charge in [-0.1, -0.05) is 109 Å². The predicted molar refractivity (Wildman–Crippen MR) is 192 cm³/mol. The van der Waals surface area contributed by atoms with Crippen molar-refractivity contribution < 1.29 is 14.2 Å². The fourth-order valence-electron chi connectivity index (χ4n) is 5.84. The van der Waals surface area contributed by atoms with Gasteiger partial charge in [-0.3, -0.25) is 0 Å². The lowest BCUT2D eigenvalue weighted by molar-refractivity contribution is 0.415. The van der Waals surface area contributed by atoms with Crippen molar-refractivity contribution in [2.24, 2.45) is 0 Å². The molecule has 0 bridgehead atoms. The van der Waals surface area contributed by atoms with E-state index in [2.05, 4.69) is 72.8 Å². The van der Waals surface area contributed by atoms with Crippen LogP contribution in [0.15, 0.2) is 146 Å². The van der Waals surface area contributed by atoms with Gasteiger partial charge in [-0.25, -0.2) is 15.0 Å². The van der Waals surface area contributed by atoms with E-state index in [1.54, 1.807) is 21.3 Å². The summed E-state index contributed by atoms with van der Waals surface area (Å²) in [6.45, 7) is 0. The highest BCUT2D eigenvalue weighted by molar-refractivity contribution is 5.87. The number of hydrogen-bond acceptors (Lipinski definition) is 6. The number of methoxy groups -OCH3 is 3. The van der Waals surface area contributed by atoms with Gasteiger partial charge in [0.15, 0.2) is 17.5 Å². The third-order valence-corrected chi connectivity index (χ3v) is 8.34. The molecule has 48 heavy (non-hydrogen) atoms. The van der Waals surface area contributed by atoms with E-state index in [9.17, 15) is 0 Å². The molecule has 6 aromatic carbocycles. The standard InChI is InChI=1S/C42H33N3O3/c1-46-31-22-16-28(17-23-31)34-10-4-7-13-37(34)40-43-41(38-14-8-5-11-35(38)29-18-24-32(47-2)25-19-29)45-42(44-40)39-15-9-6-12-36(39)30-20-26-33(48-3)27-21-30/h4-27H,1-3H3. The molecule has 7 aromatic rings. The molecule has 0 saturated carbocycles. The highest BCUT2D eigenvalue weighted by atomic mass is 16.5. The summed E-state index contributed by atoms with van der Waals surface area (Å²) in [6, 6.07) is 48.7. The molecule has 0 aliphatic rings. The van der Waals surface area contributed by atoms with E-state index in [4.69, 9.17) is 29.2 Å². The molecule has 6 heteroatoms. The van der Waals surface area contributed by atoms with Crippen LogP contribution < -0.4 is 14.2 Å². The number of nitrogens with zero attached hydrogens (tertiary/aromatic N) is 3. The van der Waals surface area contributed by atoms with Crippen LogP contribution in [0.5, 0.6) is 17.2 Å². The monoisotopic (exact) mass is 627 g/mol. The summed E-state index contributed by atoms with van der Waals surface area (Å²) in [6.07, 6.45) is 0. The predicted octanol–water partition coefficient (Wildman–Crippen LogP) is 9.90. The van der Waals surface area contributed by atoms with Crippen molar-refractivity contribution in [3.63, 3.8) is 0 Å². The molecule has 0 amide bonds. The molecule has 0 spiro atoms. The Morgan fingerprint density at radius 1 is 0.292 bits per heavy atom. The summed E-state index contributed by atoms with van der Waals surface area (Å²) in [7, 11) is 5.01. The molecule has 0 saturated heterocycles. The molecular weight excluding hydrogens is 594 g/mol. The Kier molecular flexibility index (Phi) is 8.62. The van der Waals surface area contributed by atoms with Gasteiger partial charge in [0.25, 0.3) is 0 Å². The lowest BCUT2D eigenvalue weighted by atomic mass is 9.97. The number of ether oxygens (including phenoxy) is 3. The van der Waals surface area contributed by atoms with Gasteiger partial charge in [-0.05, 0) is 69.8 Å². The van der Waals surface area contributed by atoms with Gasteiger partial charge in [0.05, 0.1) is 21.3 Å². The molecule has 0 aliphatic carbocycles. The van der Waals surface area contributed by atoms with Crippen LogP contribution in [0, 0.1) is 0 Å². The summed E-state index contributed by atoms with van der Waals surface area (Å²) < 4.78 is 16.3. The number of rotatable bonds is 9. The summed E-state index contributed by atoms with van der Waals surface area (Å²) in [5, 5.41) is 0. The first-order valence-electron chi connectivity index (χ1n) is 15.6. The third-order valence-electron chi connectivity index (χ3n) is 8.34. The van der Waals surface area contributed by atoms with E-state index >= 15 is 0 Å². The molecule has 0 atom stereocenters. The zero-order valence-corrected chi connectivity index (χ0v) is 26.9. The second-order valence-electron chi connectivity index (χ2n) is 11.1. The average Bonchev–Trinajstić information content (AvgIpc) is 3.18. The Hall–Kier alpha value is -6.27. The SMILES string of the molecule is COc1ccc(-c2ccccc2-c2nc(-c3ccccc3-c3ccc(OC)cc3)nc(-c3ccccc3-c3ccc(OC)cc3)n2)cc1. The highest BCUT2D eigenvalue weighted by Gasteiger charge is 2.19. The van der Waals surface area contributed by atoms with Gasteiger partial charge in [-0.2, -0.15) is 0 Å². The minimum Gasteiger partial charge on any atom is -0.497 e. The fourth-order valence-corrected chi connectivity index (χ4v) is 5.84. The van der Waals surface area contributed by atoms with Crippen molar-refractivity contribution in [2.45, 2.75) is 0 Å². The molecule has 0 fully saturated rings. The van der Waals surface area contributed by atoms with Crippen molar-refractivity contribution in [3.8, 4) is 84.8 Å². The first-order chi connectivity index (χ1) is 23.6. The van der Waals surface area contributed by atoms with Gasteiger partial charge in [0, 0.05) is 16.7 Å². The molecule has 0 N–H and O–H groups in total. The second-order valence-corrected chi connectivity index (χ2v) is 11.1. The lowest BCUT2D eigenvalue weighted by Crippen LogP contribution is -2.02. The van der Waals surface area contributed by atoms with Crippen molar-refractivity contribution in [1.82, 2.24) is 15.0 Å². The van der Waals surface area contributed by atoms with E-state index in [0.29, 0.717) is 17.5 Å². The third kappa shape index (κ3) is 6.11. The Morgan fingerprint density at radius 2 is 0.521 bits per heavy atom. The summed E-state index contributed by atoms with van der Waals surface area (Å²) in [5.74, 6) is 4.13. The van der Waals surface area contributed by atoms with Crippen LogP contribution in [0.25, 0.3) is 67.5 Å². The normalized spacial score (nSPS) is 10.8. The molecule has 0 unspecified atom stereocenters. The number of benzene rings is 6. The second kappa shape index (κ2) is 13.6. The largest absolute Gasteiger partial charge is 0.497 e. The van der Waals surface area contributed by atoms with E-state index < -0.39 is 0 Å². The van der Waals surface area contributed by atoms with Crippen molar-refractivity contribution in [3.05, 3.63) is 146 Å². The quantitative estimate of drug-likeness (QED) is 0.159. The highest BCUT2D eigenvalue weighted by Crippen LogP contribution is 2.38. The van der Waals surface area contributed by atoms with Crippen molar-refractivity contribution in [1.29, 1.82) is 0 Å². The maximum atomic E-state index is 5.42. The smallest absolute Gasteiger partial charge is 0.164 e. The zero-order chi connectivity index (χ0) is 32.9. The van der Waals surface area contributed by atoms with E-state index in [0.717, 1.165) is 67.3 Å². The average molecular weight is 628 g/mol. The van der Waals surface area contributed by atoms with Gasteiger partial charge >= 0.3 is 0 Å². The van der Waals surface area contributed by atoms with E-state index in [1.165, 1.54) is 0 Å². The summed E-state index contributed by atoms with van der Waals surface area (Å²) in [5.41, 5.74) is 8.83. The Labute approximate surface area is 280 Å². The lowest BCUT2D eigenvalue weighted by Gasteiger charge is -2.15. The van der Waals surface area contributed by atoms with Crippen LogP contribution >= 0.6 is 0 Å². The summed E-state index contributed by atoms with van der Waals surface area (Å²) in [4.78, 5) is 15.5. The first-order valence-corrected chi connectivity index (χ1v) is 15.6. The van der Waals surface area contributed by atoms with Crippen molar-refractivity contribution >= 4 is 0 Å². The van der Waals surface area contributed by atoms with Gasteiger partial charge < -0.3 is 14.2 Å². The van der Waals surface area contributed by atoms with E-state index in [1.807, 2.05) is 72.8 Å². The van der Waals surface area contributed by atoms with Crippen molar-refractivity contribution in [2.75, 3.05) is 21.3 Å². The molecule has 1 aromatic heterocycles. The Bertz CT molecular complexity index is 1920. The van der Waals surface area contributed by atoms with Gasteiger partial charge in [0.2, 0.25) is 0 Å². The molecule has 234 valence electrons. The van der Waals surface area contributed by atoms with Gasteiger partial charge in [0.1, 0.15) is 17.2 Å². The number of hydrogen-bond donors (Lipinski definition) is 0. The van der Waals surface area contributed by atoms with Crippen LogP contribution in [0.1, 0.15) is 0 Å². The maximum absolute atomic E-state index is 5.42. The van der Waals surface area contributed by atoms with Crippen LogP contribution in [-0.4, -0.2) is 36.3 Å². The van der Waals surface area contributed by atoms with Crippen LogP contribution in [0.4, 0.5) is 0 Å². The first kappa shape index (κ1) is 30.4. The van der Waals surface area contributed by atoms with E-state index in [-0.39, 0.29) is 0 Å². The van der Waals surface area contributed by atoms with Crippen LogP contribution in [-0.2, 0) is 0 Å². The molecule has 0 aliphatic heterocycles. The molecule has 7 rings (SSSR count). The zero-order valence-electron chi connectivity index (χ0n) is 26.9. The van der Waals surface area contributed by atoms with Crippen LogP contribution in [0.3, 0.4) is 0 Å². The topological polar surface area (TPSA) is 66.4 Å². The number of aromatic nitrogens is 3. The molecule has 0 radical (unpaired) electrons. The maximum Gasteiger partial charge on any atom is 0.164 e. The van der Waals surface area contributed by atoms with Crippen LogP contribution in [0.2, 0.25) is 0 Å². The molecular formula is C42H33N3O3. The Balaban J connectivity index is 1.45. The molecule has 1 heterocycles. The Morgan fingerprint density at radius 3 is 0.750 bits per heavy atom. The molecule has 6 nitrogen and oxygen atoms in total. The van der Waals surface area contributed by atoms with Gasteiger partial charge in [-0.15, -0.1) is 0 Å².